The Morgan fingerprint density at radius 1 is 0.844 bits per heavy atom. The lowest BCUT2D eigenvalue weighted by molar-refractivity contribution is 0.598. The molecule has 0 amide bonds. The summed E-state index contributed by atoms with van der Waals surface area (Å²) in [6.45, 7) is 5.30. The van der Waals surface area contributed by atoms with Gasteiger partial charge in [-0.2, -0.15) is 4.98 Å². The predicted molar refractivity (Wildman–Crippen MR) is 129 cm³/mol. The first-order chi connectivity index (χ1) is 15.7. The molecule has 5 rings (SSSR count). The third-order valence-corrected chi connectivity index (χ3v) is 5.67. The van der Waals surface area contributed by atoms with Crippen LogP contribution in [-0.4, -0.2) is 40.9 Å². The SMILES string of the molecule is Cc1cc(Nc2ncn(-c3ccccc3)n2)cc(N2CCN(c3ccccc3F)CC2)c1.[HH]. The number of halogens is 1. The quantitative estimate of drug-likeness (QED) is 0.481. The van der Waals surface area contributed by atoms with E-state index >= 15 is 0 Å². The van der Waals surface area contributed by atoms with E-state index in [-0.39, 0.29) is 7.24 Å². The predicted octanol–water partition coefficient (Wildman–Crippen LogP) is 5.03. The summed E-state index contributed by atoms with van der Waals surface area (Å²) >= 11 is 0. The monoisotopic (exact) mass is 430 g/mol. The smallest absolute Gasteiger partial charge is 0.246 e. The summed E-state index contributed by atoms with van der Waals surface area (Å²) < 4.78 is 15.9. The molecule has 1 saturated heterocycles. The molecule has 0 radical (unpaired) electrons. The van der Waals surface area contributed by atoms with Gasteiger partial charge in [0.25, 0.3) is 0 Å². The molecule has 1 fully saturated rings. The Morgan fingerprint density at radius 2 is 1.56 bits per heavy atom. The molecule has 3 aromatic carbocycles. The van der Waals surface area contributed by atoms with Gasteiger partial charge >= 0.3 is 0 Å². The summed E-state index contributed by atoms with van der Waals surface area (Å²) in [5.74, 6) is 0.389. The van der Waals surface area contributed by atoms with Crippen molar-refractivity contribution < 1.29 is 5.82 Å². The van der Waals surface area contributed by atoms with Crippen molar-refractivity contribution in [3.63, 3.8) is 0 Å². The second-order valence-corrected chi connectivity index (χ2v) is 7.96. The van der Waals surface area contributed by atoms with E-state index in [9.17, 15) is 4.39 Å². The normalized spacial score (nSPS) is 13.9. The number of nitrogens with zero attached hydrogens (tertiary/aromatic N) is 5. The number of para-hydroxylation sites is 2. The molecule has 164 valence electrons. The van der Waals surface area contributed by atoms with E-state index in [0.29, 0.717) is 11.6 Å². The number of hydrogen-bond donors (Lipinski definition) is 1. The Bertz CT molecular complexity index is 1200. The molecule has 0 saturated carbocycles. The summed E-state index contributed by atoms with van der Waals surface area (Å²) in [5, 5.41) is 7.86. The van der Waals surface area contributed by atoms with Crippen LogP contribution in [0, 0.1) is 12.7 Å². The van der Waals surface area contributed by atoms with Crippen LogP contribution >= 0.6 is 0 Å². The Kier molecular flexibility index (Phi) is 5.46. The first-order valence-electron chi connectivity index (χ1n) is 10.8. The van der Waals surface area contributed by atoms with Crippen LogP contribution in [0.15, 0.2) is 79.1 Å². The van der Waals surface area contributed by atoms with E-state index in [4.69, 9.17) is 0 Å². The minimum Gasteiger partial charge on any atom is -0.368 e. The third-order valence-electron chi connectivity index (χ3n) is 5.67. The van der Waals surface area contributed by atoms with Crippen LogP contribution in [0.5, 0.6) is 0 Å². The molecule has 0 atom stereocenters. The first kappa shape index (κ1) is 20.1. The highest BCUT2D eigenvalue weighted by Gasteiger charge is 2.20. The zero-order valence-corrected chi connectivity index (χ0v) is 17.9. The van der Waals surface area contributed by atoms with Gasteiger partial charge in [0.2, 0.25) is 5.95 Å². The molecule has 0 unspecified atom stereocenters. The van der Waals surface area contributed by atoms with Gasteiger partial charge in [-0.1, -0.05) is 30.3 Å². The largest absolute Gasteiger partial charge is 0.368 e. The van der Waals surface area contributed by atoms with E-state index in [0.717, 1.165) is 48.8 Å². The number of piperazine rings is 1. The number of nitrogens with one attached hydrogen (secondary N) is 1. The molecule has 2 heterocycles. The molecule has 0 spiro atoms. The number of anilines is 4. The summed E-state index contributed by atoms with van der Waals surface area (Å²) in [5.41, 5.74) is 4.89. The van der Waals surface area contributed by atoms with Crippen molar-refractivity contribution in [3.8, 4) is 5.69 Å². The summed E-state index contributed by atoms with van der Waals surface area (Å²) in [6.07, 6.45) is 1.70. The standard InChI is InChI=1S/C25H25FN6.H2/c1-19-15-20(28-25-27-18-32(29-25)21-7-3-2-4-8-21)17-22(16-19)30-11-13-31(14-12-30)24-10-6-5-9-23(24)26;/h2-10,15-18H,11-14H2,1H3,(H,28,29);1H. The van der Waals surface area contributed by atoms with Gasteiger partial charge < -0.3 is 15.1 Å². The Balaban J connectivity index is 0.00000259. The van der Waals surface area contributed by atoms with Crippen LogP contribution in [0.25, 0.3) is 5.69 Å². The molecular formula is C25H27FN6. The Hall–Kier alpha value is -3.87. The number of aromatic nitrogens is 3. The maximum Gasteiger partial charge on any atom is 0.246 e. The molecule has 1 aliphatic heterocycles. The van der Waals surface area contributed by atoms with Gasteiger partial charge in [-0.3, -0.25) is 0 Å². The molecule has 1 aromatic heterocycles. The number of aryl methyl sites for hydroxylation is 1. The molecule has 7 heteroatoms. The van der Waals surface area contributed by atoms with Crippen molar-refractivity contribution in [2.45, 2.75) is 6.92 Å². The molecule has 0 aliphatic carbocycles. The van der Waals surface area contributed by atoms with Crippen LogP contribution in [0.1, 0.15) is 6.99 Å². The Labute approximate surface area is 188 Å². The van der Waals surface area contributed by atoms with Crippen molar-refractivity contribution in [1.82, 2.24) is 14.8 Å². The second-order valence-electron chi connectivity index (χ2n) is 7.96. The highest BCUT2D eigenvalue weighted by molar-refractivity contribution is 5.64. The average molecular weight is 431 g/mol. The number of rotatable bonds is 5. The molecule has 1 aliphatic rings. The molecular weight excluding hydrogens is 403 g/mol. The van der Waals surface area contributed by atoms with E-state index < -0.39 is 0 Å². The van der Waals surface area contributed by atoms with Crippen molar-refractivity contribution in [1.29, 1.82) is 0 Å². The molecule has 6 nitrogen and oxygen atoms in total. The maximum atomic E-state index is 14.1. The van der Waals surface area contributed by atoms with Gasteiger partial charge in [0.15, 0.2) is 0 Å². The van der Waals surface area contributed by atoms with E-state index in [2.05, 4.69) is 50.3 Å². The third kappa shape index (κ3) is 4.27. The minimum absolute atomic E-state index is 0. The molecule has 4 aromatic rings. The lowest BCUT2D eigenvalue weighted by Crippen LogP contribution is -2.46. The van der Waals surface area contributed by atoms with Crippen LogP contribution in [0.2, 0.25) is 0 Å². The summed E-state index contributed by atoms with van der Waals surface area (Å²) in [7, 11) is 0. The van der Waals surface area contributed by atoms with E-state index in [1.54, 1.807) is 17.1 Å². The molecule has 32 heavy (non-hydrogen) atoms. The van der Waals surface area contributed by atoms with Gasteiger partial charge in [0, 0.05) is 39.0 Å². The lowest BCUT2D eigenvalue weighted by Gasteiger charge is -2.37. The first-order valence-corrected chi connectivity index (χ1v) is 10.8. The lowest BCUT2D eigenvalue weighted by atomic mass is 10.1. The van der Waals surface area contributed by atoms with Gasteiger partial charge in [0.05, 0.1) is 11.4 Å². The van der Waals surface area contributed by atoms with Gasteiger partial charge in [-0.15, -0.1) is 5.10 Å². The van der Waals surface area contributed by atoms with Gasteiger partial charge in [0.1, 0.15) is 12.1 Å². The van der Waals surface area contributed by atoms with E-state index in [1.807, 2.05) is 42.5 Å². The van der Waals surface area contributed by atoms with Gasteiger partial charge in [-0.25, -0.2) is 9.07 Å². The van der Waals surface area contributed by atoms with Crippen molar-refractivity contribution >= 4 is 23.0 Å². The highest BCUT2D eigenvalue weighted by atomic mass is 19.1. The van der Waals surface area contributed by atoms with Crippen LogP contribution in [-0.2, 0) is 0 Å². The topological polar surface area (TPSA) is 49.2 Å². The zero-order valence-electron chi connectivity index (χ0n) is 17.9. The summed E-state index contributed by atoms with van der Waals surface area (Å²) in [4.78, 5) is 8.85. The zero-order chi connectivity index (χ0) is 21.9. The van der Waals surface area contributed by atoms with Gasteiger partial charge in [-0.05, 0) is 55.0 Å². The fourth-order valence-corrected chi connectivity index (χ4v) is 4.09. The molecule has 1 N–H and O–H groups in total. The Morgan fingerprint density at radius 3 is 2.34 bits per heavy atom. The fourth-order valence-electron chi connectivity index (χ4n) is 4.09. The van der Waals surface area contributed by atoms with Crippen LogP contribution in [0.3, 0.4) is 0 Å². The highest BCUT2D eigenvalue weighted by Crippen LogP contribution is 2.27. The number of benzene rings is 3. The van der Waals surface area contributed by atoms with Crippen molar-refractivity contribution in [3.05, 3.63) is 90.5 Å². The molecule has 0 bridgehead atoms. The van der Waals surface area contributed by atoms with E-state index in [1.165, 1.54) is 6.07 Å². The minimum atomic E-state index is -0.162. The summed E-state index contributed by atoms with van der Waals surface area (Å²) in [6, 6.07) is 23.3. The maximum absolute atomic E-state index is 14.1. The average Bonchev–Trinajstić information content (AvgIpc) is 3.28. The fraction of sp³-hybridized carbons (Fsp3) is 0.200. The van der Waals surface area contributed by atoms with Crippen molar-refractivity contribution in [2.24, 2.45) is 0 Å². The van der Waals surface area contributed by atoms with Crippen molar-refractivity contribution in [2.75, 3.05) is 41.3 Å². The van der Waals surface area contributed by atoms with Crippen LogP contribution < -0.4 is 15.1 Å². The second kappa shape index (κ2) is 8.70. The van der Waals surface area contributed by atoms with Crippen LogP contribution in [0.4, 0.5) is 27.4 Å². The number of hydrogen-bond acceptors (Lipinski definition) is 5.